The molecule has 92 valence electrons. The fourth-order valence-electron chi connectivity index (χ4n) is 1.76. The number of hydrogen-bond donors (Lipinski definition) is 1. The van der Waals surface area contributed by atoms with Crippen LogP contribution in [0.1, 0.15) is 0 Å². The van der Waals surface area contributed by atoms with Crippen LogP contribution >= 0.6 is 0 Å². The third-order valence-corrected chi connectivity index (χ3v) is 2.75. The van der Waals surface area contributed by atoms with Crippen molar-refractivity contribution in [2.75, 3.05) is 32.6 Å². The Labute approximate surface area is 99.6 Å². The first-order chi connectivity index (χ1) is 8.13. The Hall–Kier alpha value is -1.75. The van der Waals surface area contributed by atoms with Crippen LogP contribution in [0.15, 0.2) is 27.4 Å². The Balaban J connectivity index is 2.53. The first-order valence-electron chi connectivity index (χ1n) is 5.59. The van der Waals surface area contributed by atoms with E-state index in [0.717, 1.165) is 17.7 Å². The molecule has 1 heterocycles. The molecule has 2 aromatic rings. The molecule has 5 nitrogen and oxygen atoms in total. The second-order valence-electron chi connectivity index (χ2n) is 4.17. The van der Waals surface area contributed by atoms with E-state index in [1.165, 1.54) is 0 Å². The minimum absolute atomic E-state index is 0.300. The molecule has 0 unspecified atom stereocenters. The van der Waals surface area contributed by atoms with Crippen molar-refractivity contribution in [3.63, 3.8) is 0 Å². The van der Waals surface area contributed by atoms with E-state index in [2.05, 4.69) is 5.32 Å². The van der Waals surface area contributed by atoms with E-state index in [1.807, 2.05) is 44.2 Å². The van der Waals surface area contributed by atoms with Crippen LogP contribution in [-0.4, -0.2) is 32.3 Å². The summed E-state index contributed by atoms with van der Waals surface area (Å²) in [7, 11) is 5.80. The molecule has 0 bridgehead atoms. The predicted octanol–water partition coefficient (Wildman–Crippen LogP) is 0.880. The van der Waals surface area contributed by atoms with Gasteiger partial charge >= 0.3 is 5.76 Å². The number of anilines is 1. The van der Waals surface area contributed by atoms with E-state index in [9.17, 15) is 4.79 Å². The zero-order chi connectivity index (χ0) is 12.4. The number of rotatable bonds is 4. The lowest BCUT2D eigenvalue weighted by Gasteiger charge is -2.12. The molecule has 1 aromatic heterocycles. The third-order valence-electron chi connectivity index (χ3n) is 2.75. The van der Waals surface area contributed by atoms with Crippen LogP contribution in [0.25, 0.3) is 11.1 Å². The molecular weight excluding hydrogens is 218 g/mol. The molecule has 0 aliphatic carbocycles. The molecule has 17 heavy (non-hydrogen) atoms. The van der Waals surface area contributed by atoms with Crippen molar-refractivity contribution >= 4 is 16.8 Å². The second-order valence-corrected chi connectivity index (χ2v) is 4.17. The van der Waals surface area contributed by atoms with Crippen molar-refractivity contribution < 1.29 is 4.42 Å². The summed E-state index contributed by atoms with van der Waals surface area (Å²) in [5.41, 5.74) is 2.53. The molecule has 5 heteroatoms. The van der Waals surface area contributed by atoms with Crippen LogP contribution in [0.3, 0.4) is 0 Å². The van der Waals surface area contributed by atoms with E-state index < -0.39 is 0 Å². The van der Waals surface area contributed by atoms with Crippen molar-refractivity contribution in [1.29, 1.82) is 0 Å². The van der Waals surface area contributed by atoms with Gasteiger partial charge in [0.2, 0.25) is 0 Å². The van der Waals surface area contributed by atoms with Gasteiger partial charge in [-0.3, -0.25) is 4.57 Å². The highest BCUT2D eigenvalue weighted by atomic mass is 16.4. The number of benzene rings is 1. The van der Waals surface area contributed by atoms with E-state index in [-0.39, 0.29) is 5.76 Å². The molecule has 0 amide bonds. The highest BCUT2D eigenvalue weighted by Gasteiger charge is 2.09. The lowest BCUT2D eigenvalue weighted by molar-refractivity contribution is 0.500. The van der Waals surface area contributed by atoms with Crippen molar-refractivity contribution in [2.24, 2.45) is 0 Å². The maximum atomic E-state index is 11.7. The molecule has 0 aliphatic heterocycles. The first-order valence-corrected chi connectivity index (χ1v) is 5.59. The Bertz CT molecular complexity index is 569. The molecule has 0 saturated heterocycles. The summed E-state index contributed by atoms with van der Waals surface area (Å²) in [6.45, 7) is 1.35. The van der Waals surface area contributed by atoms with Crippen molar-refractivity contribution in [1.82, 2.24) is 9.88 Å². The van der Waals surface area contributed by atoms with Crippen LogP contribution in [0.4, 0.5) is 5.69 Å². The van der Waals surface area contributed by atoms with Gasteiger partial charge in [-0.2, -0.15) is 0 Å². The van der Waals surface area contributed by atoms with Crippen LogP contribution in [0.2, 0.25) is 0 Å². The Morgan fingerprint density at radius 2 is 2.18 bits per heavy atom. The molecule has 0 saturated carbocycles. The van der Waals surface area contributed by atoms with E-state index in [1.54, 1.807) is 4.57 Å². The quantitative estimate of drug-likeness (QED) is 0.854. The summed E-state index contributed by atoms with van der Waals surface area (Å²) in [6.07, 6.45) is 0. The topological polar surface area (TPSA) is 50.4 Å². The maximum absolute atomic E-state index is 11.7. The number of nitrogens with zero attached hydrogens (tertiary/aromatic N) is 2. The number of oxazole rings is 1. The van der Waals surface area contributed by atoms with Gasteiger partial charge in [0.15, 0.2) is 5.58 Å². The fourth-order valence-corrected chi connectivity index (χ4v) is 1.76. The smallest absolute Gasteiger partial charge is 0.408 e. The lowest BCUT2D eigenvalue weighted by atomic mass is 10.2. The number of likely N-dealkylation sites (N-methyl/N-ethyl adjacent to an activating group) is 1. The number of nitrogens with one attached hydrogen (secondary N) is 1. The minimum atomic E-state index is -0.300. The maximum Gasteiger partial charge on any atom is 0.419 e. The summed E-state index contributed by atoms with van der Waals surface area (Å²) < 4.78 is 6.84. The molecule has 1 N–H and O–H groups in total. The lowest BCUT2D eigenvalue weighted by Crippen LogP contribution is -2.22. The van der Waals surface area contributed by atoms with Gasteiger partial charge in [0.05, 0.1) is 5.52 Å². The molecular formula is C12H17N3O2. The van der Waals surface area contributed by atoms with E-state index in [0.29, 0.717) is 12.1 Å². The summed E-state index contributed by atoms with van der Waals surface area (Å²) in [6, 6.07) is 5.74. The van der Waals surface area contributed by atoms with Gasteiger partial charge in [-0.15, -0.1) is 0 Å². The SMILES string of the molecule is CNCCn1c(=O)oc2ccc(N(C)C)cc21. The molecule has 2 rings (SSSR count). The largest absolute Gasteiger partial charge is 0.419 e. The Morgan fingerprint density at radius 1 is 1.41 bits per heavy atom. The fraction of sp³-hybridized carbons (Fsp3) is 0.417. The zero-order valence-corrected chi connectivity index (χ0v) is 10.4. The van der Waals surface area contributed by atoms with E-state index in [4.69, 9.17) is 4.42 Å². The zero-order valence-electron chi connectivity index (χ0n) is 10.4. The molecule has 0 fully saturated rings. The van der Waals surface area contributed by atoms with Gasteiger partial charge in [0.25, 0.3) is 0 Å². The third kappa shape index (κ3) is 2.19. The summed E-state index contributed by atoms with van der Waals surface area (Å²) in [5.74, 6) is -0.300. The monoisotopic (exact) mass is 235 g/mol. The minimum Gasteiger partial charge on any atom is -0.408 e. The van der Waals surface area contributed by atoms with Crippen LogP contribution < -0.4 is 16.0 Å². The normalized spacial score (nSPS) is 11.0. The van der Waals surface area contributed by atoms with Crippen LogP contribution in [-0.2, 0) is 6.54 Å². The highest BCUT2D eigenvalue weighted by molar-refractivity contribution is 5.77. The summed E-state index contributed by atoms with van der Waals surface area (Å²) in [5, 5.41) is 3.02. The van der Waals surface area contributed by atoms with Gasteiger partial charge in [-0.05, 0) is 25.2 Å². The Kier molecular flexibility index (Phi) is 3.19. The van der Waals surface area contributed by atoms with Gasteiger partial charge in [-0.1, -0.05) is 0 Å². The first kappa shape index (κ1) is 11.7. The van der Waals surface area contributed by atoms with Gasteiger partial charge in [0, 0.05) is 32.9 Å². The van der Waals surface area contributed by atoms with Crippen molar-refractivity contribution in [2.45, 2.75) is 6.54 Å². The van der Waals surface area contributed by atoms with Crippen LogP contribution in [0, 0.1) is 0 Å². The van der Waals surface area contributed by atoms with Gasteiger partial charge in [-0.25, -0.2) is 4.79 Å². The Morgan fingerprint density at radius 3 is 2.82 bits per heavy atom. The van der Waals surface area contributed by atoms with Gasteiger partial charge in [0.1, 0.15) is 0 Å². The average molecular weight is 235 g/mol. The molecule has 0 radical (unpaired) electrons. The average Bonchev–Trinajstić information content (AvgIpc) is 2.61. The molecule has 0 aliphatic rings. The second kappa shape index (κ2) is 4.63. The molecule has 1 aromatic carbocycles. The van der Waals surface area contributed by atoms with Crippen molar-refractivity contribution in [3.05, 3.63) is 28.7 Å². The molecule has 0 atom stereocenters. The van der Waals surface area contributed by atoms with Crippen molar-refractivity contribution in [3.8, 4) is 0 Å². The predicted molar refractivity (Wildman–Crippen MR) is 68.7 cm³/mol. The number of fused-ring (bicyclic) bond motifs is 1. The number of aromatic nitrogens is 1. The van der Waals surface area contributed by atoms with E-state index >= 15 is 0 Å². The van der Waals surface area contributed by atoms with Crippen LogP contribution in [0.5, 0.6) is 0 Å². The summed E-state index contributed by atoms with van der Waals surface area (Å²) >= 11 is 0. The standard InChI is InChI=1S/C12H17N3O2/c1-13-6-7-15-10-8-9(14(2)3)4-5-11(10)17-12(15)16/h4-5,8,13H,6-7H2,1-3H3. The molecule has 0 spiro atoms. The summed E-state index contributed by atoms with van der Waals surface area (Å²) in [4.78, 5) is 13.7. The van der Waals surface area contributed by atoms with Gasteiger partial charge < -0.3 is 14.6 Å². The number of hydrogen-bond acceptors (Lipinski definition) is 4. The highest BCUT2D eigenvalue weighted by Crippen LogP contribution is 2.19.